The number of rotatable bonds is 1. The summed E-state index contributed by atoms with van der Waals surface area (Å²) in [5.41, 5.74) is -0.303. The molecule has 100 valence electrons. The fraction of sp³-hybridized carbons (Fsp3) is 0.667. The van der Waals surface area contributed by atoms with Gasteiger partial charge in [0.2, 0.25) is 0 Å². The van der Waals surface area contributed by atoms with Gasteiger partial charge in [0.05, 0.1) is 23.1 Å². The van der Waals surface area contributed by atoms with E-state index in [1.165, 1.54) is 0 Å². The van der Waals surface area contributed by atoms with E-state index in [1.807, 2.05) is 32.6 Å². The highest BCUT2D eigenvalue weighted by atomic mass is 35.5. The number of H-pyrrole nitrogens is 1. The topological polar surface area (TPSA) is 58.2 Å². The van der Waals surface area contributed by atoms with Crippen LogP contribution in [0.25, 0.3) is 0 Å². The Bertz CT molecular complexity index is 494. The van der Waals surface area contributed by atoms with E-state index in [0.717, 1.165) is 0 Å². The standard InChI is InChI=1S/C12H18ClN3O2/c1-11(2)6-16(7-12(3,4)18-11)8-5-14-15-10(17)9(8)13/h5H,6-7H2,1-4H3,(H,15,17). The molecular weight excluding hydrogens is 254 g/mol. The first-order valence-corrected chi connectivity index (χ1v) is 6.26. The van der Waals surface area contributed by atoms with Crippen LogP contribution in [0.15, 0.2) is 11.0 Å². The lowest BCUT2D eigenvalue weighted by molar-refractivity contribution is -0.133. The van der Waals surface area contributed by atoms with Gasteiger partial charge < -0.3 is 9.64 Å². The zero-order chi connectivity index (χ0) is 13.6. The highest BCUT2D eigenvalue weighted by Crippen LogP contribution is 2.32. The molecule has 0 bridgehead atoms. The summed E-state index contributed by atoms with van der Waals surface area (Å²) in [4.78, 5) is 13.5. The van der Waals surface area contributed by atoms with Crippen molar-refractivity contribution in [3.8, 4) is 0 Å². The van der Waals surface area contributed by atoms with E-state index in [-0.39, 0.29) is 21.8 Å². The lowest BCUT2D eigenvalue weighted by atomic mass is 9.98. The molecule has 6 heteroatoms. The molecule has 2 heterocycles. The fourth-order valence-corrected chi connectivity index (χ4v) is 2.76. The van der Waals surface area contributed by atoms with E-state index in [9.17, 15) is 4.79 Å². The van der Waals surface area contributed by atoms with Gasteiger partial charge in [-0.25, -0.2) is 5.10 Å². The lowest BCUT2D eigenvalue weighted by Crippen LogP contribution is -2.57. The molecule has 0 spiro atoms. The predicted octanol–water partition coefficient (Wildman–Crippen LogP) is 1.82. The van der Waals surface area contributed by atoms with Gasteiger partial charge in [-0.1, -0.05) is 11.6 Å². The minimum Gasteiger partial charge on any atom is -0.366 e. The van der Waals surface area contributed by atoms with E-state index < -0.39 is 0 Å². The van der Waals surface area contributed by atoms with Crippen LogP contribution in [0.5, 0.6) is 0 Å². The monoisotopic (exact) mass is 271 g/mol. The maximum atomic E-state index is 11.5. The Morgan fingerprint density at radius 2 is 1.89 bits per heavy atom. The first-order valence-electron chi connectivity index (χ1n) is 5.89. The SMILES string of the molecule is CC1(C)CN(c2cn[nH]c(=O)c2Cl)CC(C)(C)O1. The zero-order valence-corrected chi connectivity index (χ0v) is 11.8. The van der Waals surface area contributed by atoms with Crippen LogP contribution in [0, 0.1) is 0 Å². The molecular formula is C12H18ClN3O2. The van der Waals surface area contributed by atoms with Gasteiger partial charge >= 0.3 is 0 Å². The largest absolute Gasteiger partial charge is 0.366 e. The van der Waals surface area contributed by atoms with Gasteiger partial charge in [0.15, 0.2) is 0 Å². The molecule has 0 amide bonds. The Hall–Kier alpha value is -1.07. The van der Waals surface area contributed by atoms with Crippen LogP contribution in [0.2, 0.25) is 5.02 Å². The third kappa shape index (κ3) is 2.67. The van der Waals surface area contributed by atoms with Crippen LogP contribution < -0.4 is 10.5 Å². The second-order valence-electron chi connectivity index (χ2n) is 5.88. The molecule has 5 nitrogen and oxygen atoms in total. The Morgan fingerprint density at radius 1 is 1.33 bits per heavy atom. The molecule has 1 saturated heterocycles. The number of aromatic nitrogens is 2. The van der Waals surface area contributed by atoms with Crippen molar-refractivity contribution in [1.82, 2.24) is 10.2 Å². The van der Waals surface area contributed by atoms with Crippen LogP contribution in [-0.4, -0.2) is 34.5 Å². The molecule has 0 radical (unpaired) electrons. The number of nitrogens with one attached hydrogen (secondary N) is 1. The Labute approximate surface area is 111 Å². The lowest BCUT2D eigenvalue weighted by Gasteiger charge is -2.48. The van der Waals surface area contributed by atoms with Crippen molar-refractivity contribution in [2.24, 2.45) is 0 Å². The number of ether oxygens (including phenoxy) is 1. The van der Waals surface area contributed by atoms with Crippen molar-refractivity contribution in [3.05, 3.63) is 21.6 Å². The minimum absolute atomic E-state index is 0.179. The molecule has 1 aliphatic rings. The normalized spacial score (nSPS) is 21.9. The van der Waals surface area contributed by atoms with Gasteiger partial charge in [-0.3, -0.25) is 4.79 Å². The fourth-order valence-electron chi connectivity index (χ4n) is 2.55. The summed E-state index contributed by atoms with van der Waals surface area (Å²) < 4.78 is 5.99. The molecule has 18 heavy (non-hydrogen) atoms. The molecule has 0 saturated carbocycles. The van der Waals surface area contributed by atoms with Crippen LogP contribution >= 0.6 is 11.6 Å². The molecule has 1 aromatic rings. The Balaban J connectivity index is 2.39. The van der Waals surface area contributed by atoms with Crippen LogP contribution in [0.1, 0.15) is 27.7 Å². The van der Waals surface area contributed by atoms with Gasteiger partial charge in [-0.2, -0.15) is 5.10 Å². The summed E-state index contributed by atoms with van der Waals surface area (Å²) in [7, 11) is 0. The summed E-state index contributed by atoms with van der Waals surface area (Å²) >= 11 is 6.05. The molecule has 2 rings (SSSR count). The van der Waals surface area contributed by atoms with E-state index in [1.54, 1.807) is 6.20 Å². The number of aromatic amines is 1. The number of hydrogen-bond donors (Lipinski definition) is 1. The second kappa shape index (κ2) is 4.24. The second-order valence-corrected chi connectivity index (χ2v) is 6.25. The Morgan fingerprint density at radius 3 is 2.44 bits per heavy atom. The third-order valence-electron chi connectivity index (χ3n) is 2.81. The van der Waals surface area contributed by atoms with Crippen molar-refractivity contribution >= 4 is 17.3 Å². The number of morpholine rings is 1. The number of anilines is 1. The van der Waals surface area contributed by atoms with Crippen LogP contribution in [-0.2, 0) is 4.74 Å². The first kappa shape index (κ1) is 13.4. The molecule has 1 aromatic heterocycles. The van der Waals surface area contributed by atoms with Crippen molar-refractivity contribution in [3.63, 3.8) is 0 Å². The summed E-state index contributed by atoms with van der Waals surface area (Å²) in [5, 5.41) is 6.32. The molecule has 1 N–H and O–H groups in total. The highest BCUT2D eigenvalue weighted by molar-refractivity contribution is 6.33. The minimum atomic E-state index is -0.365. The van der Waals surface area contributed by atoms with Crippen LogP contribution in [0.4, 0.5) is 5.69 Å². The molecule has 1 fully saturated rings. The average molecular weight is 272 g/mol. The highest BCUT2D eigenvalue weighted by Gasteiger charge is 2.39. The van der Waals surface area contributed by atoms with Crippen molar-refractivity contribution in [1.29, 1.82) is 0 Å². The summed E-state index contributed by atoms with van der Waals surface area (Å²) in [6.07, 6.45) is 1.58. The van der Waals surface area contributed by atoms with Gasteiger partial charge in [-0.05, 0) is 27.7 Å². The Kier molecular flexibility index (Phi) is 3.15. The summed E-state index contributed by atoms with van der Waals surface area (Å²) in [6, 6.07) is 0. The average Bonchev–Trinajstić information content (AvgIpc) is 2.17. The number of hydrogen-bond acceptors (Lipinski definition) is 4. The first-order chi connectivity index (χ1) is 8.20. The maximum Gasteiger partial charge on any atom is 0.285 e. The summed E-state index contributed by atoms with van der Waals surface area (Å²) in [5.74, 6) is 0. The predicted molar refractivity (Wildman–Crippen MR) is 71.3 cm³/mol. The molecule has 0 aromatic carbocycles. The van der Waals surface area contributed by atoms with E-state index in [0.29, 0.717) is 18.8 Å². The van der Waals surface area contributed by atoms with E-state index in [4.69, 9.17) is 16.3 Å². The quantitative estimate of drug-likeness (QED) is 0.846. The molecule has 1 aliphatic heterocycles. The van der Waals surface area contributed by atoms with E-state index >= 15 is 0 Å². The van der Waals surface area contributed by atoms with Gasteiger partial charge in [0.1, 0.15) is 5.02 Å². The molecule has 0 unspecified atom stereocenters. The van der Waals surface area contributed by atoms with Gasteiger partial charge in [-0.15, -0.1) is 0 Å². The van der Waals surface area contributed by atoms with Crippen molar-refractivity contribution < 1.29 is 4.74 Å². The van der Waals surface area contributed by atoms with Crippen LogP contribution in [0.3, 0.4) is 0 Å². The number of halogens is 1. The molecule has 0 atom stereocenters. The van der Waals surface area contributed by atoms with Crippen molar-refractivity contribution in [2.45, 2.75) is 38.9 Å². The molecule has 0 aliphatic carbocycles. The third-order valence-corrected chi connectivity index (χ3v) is 3.18. The van der Waals surface area contributed by atoms with Gasteiger partial charge in [0, 0.05) is 13.1 Å². The van der Waals surface area contributed by atoms with Gasteiger partial charge in [0.25, 0.3) is 5.56 Å². The smallest absolute Gasteiger partial charge is 0.285 e. The summed E-state index contributed by atoms with van der Waals surface area (Å²) in [6.45, 7) is 9.43. The zero-order valence-electron chi connectivity index (χ0n) is 11.1. The van der Waals surface area contributed by atoms with E-state index in [2.05, 4.69) is 10.2 Å². The number of nitrogens with zero attached hydrogens (tertiary/aromatic N) is 2. The van der Waals surface area contributed by atoms with Crippen molar-refractivity contribution in [2.75, 3.05) is 18.0 Å². The maximum absolute atomic E-state index is 11.5.